The molecule has 4 nitrogen and oxygen atoms in total. The van der Waals surface area contributed by atoms with E-state index in [2.05, 4.69) is 17.1 Å². The molecule has 1 saturated heterocycles. The van der Waals surface area contributed by atoms with Gasteiger partial charge in [0.15, 0.2) is 0 Å². The molecule has 0 amide bonds. The lowest BCUT2D eigenvalue weighted by Gasteiger charge is -2.48. The Morgan fingerprint density at radius 1 is 1.18 bits per heavy atom. The van der Waals surface area contributed by atoms with Crippen molar-refractivity contribution in [2.45, 2.75) is 76.2 Å². The van der Waals surface area contributed by atoms with Crippen molar-refractivity contribution in [3.63, 3.8) is 0 Å². The van der Waals surface area contributed by atoms with Crippen LogP contribution in [0.15, 0.2) is 18.2 Å². The molecule has 28 heavy (non-hydrogen) atoms. The number of ether oxygens (including phenoxy) is 1. The van der Waals surface area contributed by atoms with Crippen LogP contribution in [-0.2, 0) is 10.9 Å². The Morgan fingerprint density at radius 2 is 1.82 bits per heavy atom. The van der Waals surface area contributed by atoms with E-state index < -0.39 is 11.7 Å². The number of likely N-dealkylation sites (tertiary alicyclic amines) is 1. The summed E-state index contributed by atoms with van der Waals surface area (Å²) >= 11 is 0. The fourth-order valence-electron chi connectivity index (χ4n) is 4.54. The molecule has 2 fully saturated rings. The van der Waals surface area contributed by atoms with Gasteiger partial charge < -0.3 is 15.2 Å². The van der Waals surface area contributed by atoms with E-state index in [0.29, 0.717) is 6.10 Å². The van der Waals surface area contributed by atoms with Gasteiger partial charge in [0.25, 0.3) is 0 Å². The number of aromatic hydroxyl groups is 1. The van der Waals surface area contributed by atoms with Crippen molar-refractivity contribution in [3.8, 4) is 5.75 Å². The second-order valence-electron chi connectivity index (χ2n) is 8.29. The first-order valence-electron chi connectivity index (χ1n) is 10.2. The molecule has 1 aliphatic heterocycles. The minimum Gasteiger partial charge on any atom is -0.506 e. The van der Waals surface area contributed by atoms with Gasteiger partial charge in [-0.2, -0.15) is 13.2 Å². The molecule has 1 heterocycles. The highest BCUT2D eigenvalue weighted by Crippen LogP contribution is 2.38. The van der Waals surface area contributed by atoms with Crippen molar-refractivity contribution in [1.82, 2.24) is 4.90 Å². The van der Waals surface area contributed by atoms with Crippen molar-refractivity contribution >= 4 is 5.69 Å². The second kappa shape index (κ2) is 8.49. The smallest absolute Gasteiger partial charge is 0.416 e. The number of hydrogen-bond donors (Lipinski definition) is 2. The average Bonchev–Trinajstić information content (AvgIpc) is 2.65. The van der Waals surface area contributed by atoms with Crippen LogP contribution in [0, 0.1) is 0 Å². The molecule has 0 bridgehead atoms. The molecule has 1 saturated carbocycles. The molecule has 1 aromatic rings. The number of hydrogen-bond acceptors (Lipinski definition) is 4. The summed E-state index contributed by atoms with van der Waals surface area (Å²) in [5.41, 5.74) is -0.405. The molecule has 0 atom stereocenters. The molecule has 2 N–H and O–H groups in total. The van der Waals surface area contributed by atoms with Crippen molar-refractivity contribution in [2.75, 3.05) is 25.0 Å². The Hall–Kier alpha value is -1.47. The molecule has 1 aromatic carbocycles. The van der Waals surface area contributed by atoms with E-state index >= 15 is 0 Å². The number of nitrogens with zero attached hydrogens (tertiary/aromatic N) is 1. The first-order chi connectivity index (χ1) is 13.2. The van der Waals surface area contributed by atoms with Crippen LogP contribution in [0.3, 0.4) is 0 Å². The maximum absolute atomic E-state index is 12.9. The highest BCUT2D eigenvalue weighted by molar-refractivity contribution is 5.58. The van der Waals surface area contributed by atoms with Crippen LogP contribution in [0.25, 0.3) is 0 Å². The Labute approximate surface area is 165 Å². The number of rotatable bonds is 5. The van der Waals surface area contributed by atoms with Crippen LogP contribution in [0.4, 0.5) is 18.9 Å². The van der Waals surface area contributed by atoms with Crippen LogP contribution in [0.1, 0.15) is 57.9 Å². The minimum absolute atomic E-state index is 0.0639. The average molecular weight is 400 g/mol. The van der Waals surface area contributed by atoms with E-state index in [1.165, 1.54) is 0 Å². The lowest BCUT2D eigenvalue weighted by molar-refractivity contribution is -0.137. The lowest BCUT2D eigenvalue weighted by atomic mass is 9.79. The van der Waals surface area contributed by atoms with Crippen LogP contribution in [0.5, 0.6) is 5.75 Å². The fraction of sp³-hybridized carbons (Fsp3) is 0.714. The number of phenolic OH excluding ortho intramolecular Hbond substituents is 1. The number of phenols is 1. The third-order valence-electron chi connectivity index (χ3n) is 6.35. The SMILES string of the molecule is CCOC1CCC(C)(N2CCC(Nc3cc(C(F)(F)F)ccc3O)CC2)CC1. The third kappa shape index (κ3) is 4.92. The molecular weight excluding hydrogens is 369 g/mol. The molecule has 158 valence electrons. The third-order valence-corrected chi connectivity index (χ3v) is 6.35. The van der Waals surface area contributed by atoms with Crippen molar-refractivity contribution < 1.29 is 23.0 Å². The van der Waals surface area contributed by atoms with E-state index in [0.717, 1.165) is 76.4 Å². The van der Waals surface area contributed by atoms with Gasteiger partial charge in [-0.1, -0.05) is 0 Å². The van der Waals surface area contributed by atoms with Gasteiger partial charge in [-0.25, -0.2) is 0 Å². The van der Waals surface area contributed by atoms with Crippen molar-refractivity contribution in [1.29, 1.82) is 0 Å². The zero-order valence-electron chi connectivity index (χ0n) is 16.7. The summed E-state index contributed by atoms with van der Waals surface area (Å²) in [5.74, 6) is -0.142. The molecule has 3 rings (SSSR count). The van der Waals surface area contributed by atoms with E-state index in [9.17, 15) is 18.3 Å². The summed E-state index contributed by atoms with van der Waals surface area (Å²) in [5, 5.41) is 13.1. The summed E-state index contributed by atoms with van der Waals surface area (Å²) in [7, 11) is 0. The van der Waals surface area contributed by atoms with Gasteiger partial charge in [-0.3, -0.25) is 4.90 Å². The molecular formula is C21H31F3N2O2. The zero-order chi connectivity index (χ0) is 20.4. The molecule has 0 unspecified atom stereocenters. The summed E-state index contributed by atoms with van der Waals surface area (Å²) in [6.07, 6.45) is 2.06. The van der Waals surface area contributed by atoms with Gasteiger partial charge in [0.2, 0.25) is 0 Å². The summed E-state index contributed by atoms with van der Waals surface area (Å²) in [6, 6.07) is 3.08. The largest absolute Gasteiger partial charge is 0.506 e. The van der Waals surface area contributed by atoms with Crippen molar-refractivity contribution in [3.05, 3.63) is 23.8 Å². The quantitative estimate of drug-likeness (QED) is 0.681. The maximum atomic E-state index is 12.9. The molecule has 1 aliphatic carbocycles. The van der Waals surface area contributed by atoms with Gasteiger partial charge >= 0.3 is 6.18 Å². The summed E-state index contributed by atoms with van der Waals surface area (Å²) in [6.45, 7) is 6.94. The maximum Gasteiger partial charge on any atom is 0.416 e. The number of nitrogens with one attached hydrogen (secondary N) is 1. The normalized spacial score (nSPS) is 27.7. The van der Waals surface area contributed by atoms with Crippen molar-refractivity contribution in [2.24, 2.45) is 0 Å². The zero-order valence-corrected chi connectivity index (χ0v) is 16.7. The molecule has 0 aromatic heterocycles. The number of anilines is 1. The fourth-order valence-corrected chi connectivity index (χ4v) is 4.54. The number of alkyl halides is 3. The Kier molecular flexibility index (Phi) is 6.44. The van der Waals surface area contributed by atoms with Crippen LogP contribution < -0.4 is 5.32 Å². The molecule has 0 spiro atoms. The predicted octanol–water partition coefficient (Wildman–Crippen LogP) is 5.03. The van der Waals surface area contributed by atoms with Gasteiger partial charge in [-0.15, -0.1) is 0 Å². The van der Waals surface area contributed by atoms with Crippen LogP contribution in [-0.4, -0.2) is 47.4 Å². The predicted molar refractivity (Wildman–Crippen MR) is 104 cm³/mol. The Balaban J connectivity index is 1.55. The first kappa shape index (κ1) is 21.2. The van der Waals surface area contributed by atoms with Gasteiger partial charge in [0, 0.05) is 31.3 Å². The van der Waals surface area contributed by atoms with E-state index in [-0.39, 0.29) is 23.0 Å². The number of piperidine rings is 1. The number of benzene rings is 1. The highest BCUT2D eigenvalue weighted by atomic mass is 19.4. The topological polar surface area (TPSA) is 44.7 Å². The Morgan fingerprint density at radius 3 is 2.39 bits per heavy atom. The van der Waals surface area contributed by atoms with Crippen LogP contribution in [0.2, 0.25) is 0 Å². The Bertz CT molecular complexity index is 650. The minimum atomic E-state index is -4.41. The molecule has 7 heteroatoms. The summed E-state index contributed by atoms with van der Waals surface area (Å²) < 4.78 is 44.5. The lowest BCUT2D eigenvalue weighted by Crippen LogP contribution is -2.53. The molecule has 0 radical (unpaired) electrons. The van der Waals surface area contributed by atoms with E-state index in [4.69, 9.17) is 4.74 Å². The van der Waals surface area contributed by atoms with E-state index in [1.807, 2.05) is 6.92 Å². The molecule has 2 aliphatic rings. The first-order valence-corrected chi connectivity index (χ1v) is 10.2. The highest BCUT2D eigenvalue weighted by Gasteiger charge is 2.38. The van der Waals surface area contributed by atoms with Crippen LogP contribution >= 0.6 is 0 Å². The van der Waals surface area contributed by atoms with Gasteiger partial charge in [0.05, 0.1) is 17.4 Å². The monoisotopic (exact) mass is 400 g/mol. The standard InChI is InChI=1S/C21H31F3N2O2/c1-3-28-17-6-10-20(2,11-7-17)26-12-8-16(9-13-26)25-18-14-15(21(22,23)24)4-5-19(18)27/h4-5,14,16-17,25,27H,3,6-13H2,1-2H3. The van der Waals surface area contributed by atoms with Gasteiger partial charge in [-0.05, 0) is 70.6 Å². The van der Waals surface area contributed by atoms with E-state index in [1.54, 1.807) is 0 Å². The summed E-state index contributed by atoms with van der Waals surface area (Å²) in [4.78, 5) is 2.53. The number of halogens is 3. The van der Waals surface area contributed by atoms with Gasteiger partial charge in [0.1, 0.15) is 5.75 Å². The second-order valence-corrected chi connectivity index (χ2v) is 8.29.